The van der Waals surface area contributed by atoms with Crippen LogP contribution in [0, 0.1) is 0 Å². The van der Waals surface area contributed by atoms with E-state index in [0.29, 0.717) is 6.61 Å². The van der Waals surface area contributed by atoms with Gasteiger partial charge in [0.2, 0.25) is 0 Å². The van der Waals surface area contributed by atoms with E-state index in [9.17, 15) is 4.79 Å². The number of anilines is 1. The second kappa shape index (κ2) is 11.3. The van der Waals surface area contributed by atoms with Crippen molar-refractivity contribution in [2.24, 2.45) is 0 Å². The Kier molecular flexibility index (Phi) is 8.53. The molecule has 6 nitrogen and oxygen atoms in total. The summed E-state index contributed by atoms with van der Waals surface area (Å²) in [4.78, 5) is 21.7. The molecule has 1 aliphatic rings. The lowest BCUT2D eigenvalue weighted by Gasteiger charge is -2.35. The minimum absolute atomic E-state index is 0. The summed E-state index contributed by atoms with van der Waals surface area (Å²) in [6.07, 6.45) is 4.06. The van der Waals surface area contributed by atoms with Crippen LogP contribution in [0.15, 0.2) is 48.7 Å². The number of piperazine rings is 1. The summed E-state index contributed by atoms with van der Waals surface area (Å²) in [6, 6.07) is 14.6. The molecule has 0 bridgehead atoms. The summed E-state index contributed by atoms with van der Waals surface area (Å²) in [6.45, 7) is 9.77. The smallest absolute Gasteiger partial charge is 0.325 e. The maximum absolute atomic E-state index is 12.0. The lowest BCUT2D eigenvalue weighted by Crippen LogP contribution is -2.47. The number of aryl methyl sites for hydroxylation is 1. The second-order valence-electron chi connectivity index (χ2n) is 8.02. The average molecular weight is 457 g/mol. The fourth-order valence-electron chi connectivity index (χ4n) is 4.32. The number of aromatic nitrogens is 2. The summed E-state index contributed by atoms with van der Waals surface area (Å²) in [5.74, 6) is 0.910. The molecule has 0 atom stereocenters. The van der Waals surface area contributed by atoms with Crippen LogP contribution in [0.4, 0.5) is 5.82 Å². The maximum Gasteiger partial charge on any atom is 0.325 e. The Bertz CT molecular complexity index is 1030. The molecule has 32 heavy (non-hydrogen) atoms. The third-order valence-electron chi connectivity index (χ3n) is 6.02. The molecule has 2 aromatic heterocycles. The number of ether oxygens (including phenoxy) is 1. The summed E-state index contributed by atoms with van der Waals surface area (Å²) in [5.41, 5.74) is 3.54. The van der Waals surface area contributed by atoms with E-state index in [-0.39, 0.29) is 24.9 Å². The number of nitrogens with zero attached hydrogens (tertiary/aromatic N) is 4. The highest BCUT2D eigenvalue weighted by atomic mass is 35.5. The molecule has 7 heteroatoms. The van der Waals surface area contributed by atoms with Gasteiger partial charge in [0.25, 0.3) is 0 Å². The number of hydrogen-bond acceptors (Lipinski definition) is 5. The van der Waals surface area contributed by atoms with Gasteiger partial charge in [0.05, 0.1) is 6.61 Å². The Morgan fingerprint density at radius 2 is 1.81 bits per heavy atom. The van der Waals surface area contributed by atoms with E-state index in [4.69, 9.17) is 9.72 Å². The van der Waals surface area contributed by atoms with Crippen molar-refractivity contribution in [2.45, 2.75) is 33.2 Å². The van der Waals surface area contributed by atoms with Crippen LogP contribution >= 0.6 is 12.4 Å². The molecule has 172 valence electrons. The molecule has 1 aromatic carbocycles. The van der Waals surface area contributed by atoms with Gasteiger partial charge in [-0.25, -0.2) is 4.98 Å². The molecule has 0 unspecified atom stereocenters. The number of pyridine rings is 1. The number of rotatable bonds is 8. The molecule has 0 saturated carbocycles. The monoisotopic (exact) mass is 456 g/mol. The van der Waals surface area contributed by atoms with Gasteiger partial charge < -0.3 is 14.2 Å². The van der Waals surface area contributed by atoms with Gasteiger partial charge >= 0.3 is 5.97 Å². The summed E-state index contributed by atoms with van der Waals surface area (Å²) in [7, 11) is 0. The number of esters is 1. The zero-order chi connectivity index (χ0) is 21.6. The zero-order valence-electron chi connectivity index (χ0n) is 19.0. The molecule has 4 rings (SSSR count). The molecule has 0 aliphatic carbocycles. The maximum atomic E-state index is 12.0. The third-order valence-corrected chi connectivity index (χ3v) is 6.02. The van der Waals surface area contributed by atoms with Crippen molar-refractivity contribution in [2.75, 3.05) is 44.2 Å². The quantitative estimate of drug-likeness (QED) is 0.480. The molecule has 0 N–H and O–H groups in total. The highest BCUT2D eigenvalue weighted by Crippen LogP contribution is 2.23. The van der Waals surface area contributed by atoms with Gasteiger partial charge in [-0.15, -0.1) is 12.4 Å². The van der Waals surface area contributed by atoms with E-state index >= 15 is 0 Å². The van der Waals surface area contributed by atoms with Crippen LogP contribution in [0.25, 0.3) is 10.9 Å². The van der Waals surface area contributed by atoms with Gasteiger partial charge in [-0.2, -0.15) is 0 Å². The van der Waals surface area contributed by atoms with Crippen LogP contribution in [0.2, 0.25) is 0 Å². The molecule has 3 heterocycles. The van der Waals surface area contributed by atoms with E-state index in [0.717, 1.165) is 62.6 Å². The first kappa shape index (κ1) is 24.1. The van der Waals surface area contributed by atoms with Crippen molar-refractivity contribution < 1.29 is 9.53 Å². The number of halogens is 1. The molecular weight excluding hydrogens is 424 g/mol. The van der Waals surface area contributed by atoms with Crippen LogP contribution in [-0.4, -0.2) is 59.8 Å². The number of hydrogen-bond donors (Lipinski definition) is 0. The SMILES string of the molecule is CCOC(=O)Cn1cc(CCN2CCN(c3cccc(CC)n3)CC2)c2ccccc21.Cl. The minimum Gasteiger partial charge on any atom is -0.465 e. The number of para-hydroxylation sites is 1. The third kappa shape index (κ3) is 5.61. The number of carbonyl (C=O) groups is 1. The van der Waals surface area contributed by atoms with Crippen molar-refractivity contribution in [1.82, 2.24) is 14.5 Å². The predicted octanol–water partition coefficient (Wildman–Crippen LogP) is 3.95. The van der Waals surface area contributed by atoms with E-state index in [1.165, 1.54) is 10.9 Å². The van der Waals surface area contributed by atoms with Crippen LogP contribution < -0.4 is 4.90 Å². The molecular formula is C25H33ClN4O2. The van der Waals surface area contributed by atoms with E-state index < -0.39 is 0 Å². The molecule has 0 radical (unpaired) electrons. The highest BCUT2D eigenvalue weighted by molar-refractivity contribution is 5.86. The Hall–Kier alpha value is -2.57. The van der Waals surface area contributed by atoms with Crippen LogP contribution in [-0.2, 0) is 28.9 Å². The Morgan fingerprint density at radius 1 is 1.03 bits per heavy atom. The first-order valence-corrected chi connectivity index (χ1v) is 11.3. The Labute approximate surface area is 196 Å². The zero-order valence-corrected chi connectivity index (χ0v) is 19.8. The largest absolute Gasteiger partial charge is 0.465 e. The normalized spacial score (nSPS) is 14.4. The van der Waals surface area contributed by atoms with Crippen molar-refractivity contribution in [3.63, 3.8) is 0 Å². The first-order valence-electron chi connectivity index (χ1n) is 11.3. The molecule has 1 saturated heterocycles. The van der Waals surface area contributed by atoms with Gasteiger partial charge in [-0.1, -0.05) is 31.2 Å². The predicted molar refractivity (Wildman–Crippen MR) is 132 cm³/mol. The van der Waals surface area contributed by atoms with Crippen LogP contribution in [0.5, 0.6) is 0 Å². The van der Waals surface area contributed by atoms with Crippen molar-refractivity contribution in [1.29, 1.82) is 0 Å². The van der Waals surface area contributed by atoms with Crippen molar-refractivity contribution in [3.8, 4) is 0 Å². The summed E-state index contributed by atoms with van der Waals surface area (Å²) < 4.78 is 7.16. The van der Waals surface area contributed by atoms with Crippen LogP contribution in [0.3, 0.4) is 0 Å². The molecule has 1 aliphatic heterocycles. The van der Waals surface area contributed by atoms with E-state index in [1.807, 2.05) is 17.6 Å². The Balaban J connectivity index is 0.00000289. The lowest BCUT2D eigenvalue weighted by atomic mass is 10.1. The topological polar surface area (TPSA) is 50.6 Å². The standard InChI is InChI=1S/C25H32N4O2.ClH/c1-3-21-8-7-11-24(26-21)28-16-14-27(15-17-28)13-12-20-18-29(19-25(30)31-4-2)23-10-6-5-9-22(20)23;/h5-11,18H,3-4,12-17,19H2,1-2H3;1H. The fourth-order valence-corrected chi connectivity index (χ4v) is 4.32. The molecule has 0 amide bonds. The highest BCUT2D eigenvalue weighted by Gasteiger charge is 2.19. The average Bonchev–Trinajstić information content (AvgIpc) is 3.15. The molecule has 3 aromatic rings. The molecule has 1 fully saturated rings. The van der Waals surface area contributed by atoms with E-state index in [2.05, 4.69) is 59.3 Å². The Morgan fingerprint density at radius 3 is 2.56 bits per heavy atom. The van der Waals surface area contributed by atoms with Gasteiger partial charge in [-0.3, -0.25) is 9.69 Å². The van der Waals surface area contributed by atoms with Crippen LogP contribution in [0.1, 0.15) is 25.1 Å². The lowest BCUT2D eigenvalue weighted by molar-refractivity contribution is -0.143. The van der Waals surface area contributed by atoms with Crippen molar-refractivity contribution in [3.05, 3.63) is 59.9 Å². The number of benzene rings is 1. The second-order valence-corrected chi connectivity index (χ2v) is 8.02. The van der Waals surface area contributed by atoms with E-state index in [1.54, 1.807) is 0 Å². The van der Waals surface area contributed by atoms with Gasteiger partial charge in [0.1, 0.15) is 12.4 Å². The first-order chi connectivity index (χ1) is 15.2. The van der Waals surface area contributed by atoms with Crippen molar-refractivity contribution >= 4 is 35.1 Å². The summed E-state index contributed by atoms with van der Waals surface area (Å²) >= 11 is 0. The number of carbonyl (C=O) groups excluding carboxylic acids is 1. The van der Waals surface area contributed by atoms with Gasteiger partial charge in [0, 0.05) is 55.5 Å². The molecule has 0 spiro atoms. The summed E-state index contributed by atoms with van der Waals surface area (Å²) in [5, 5.41) is 1.23. The minimum atomic E-state index is -0.188. The fraction of sp³-hybridized carbons (Fsp3) is 0.440. The van der Waals surface area contributed by atoms with Gasteiger partial charge in [0.15, 0.2) is 0 Å². The van der Waals surface area contributed by atoms with Gasteiger partial charge in [-0.05, 0) is 43.5 Å². The number of fused-ring (bicyclic) bond motifs is 1.